The zero-order valence-electron chi connectivity index (χ0n) is 10.8. The average molecular weight is 314 g/mol. The summed E-state index contributed by atoms with van der Waals surface area (Å²) in [5, 5.41) is 0.347. The first-order chi connectivity index (χ1) is 9.46. The smallest absolute Gasteiger partial charge is 0.264 e. The predicted octanol–water partition coefficient (Wildman–Crippen LogP) is 3.69. The Morgan fingerprint density at radius 1 is 1.10 bits per heavy atom. The van der Waals surface area contributed by atoms with Crippen LogP contribution in [0.3, 0.4) is 0 Å². The maximum Gasteiger partial charge on any atom is 0.264 e. The Kier molecular flexibility index (Phi) is 4.30. The molecule has 0 saturated heterocycles. The van der Waals surface area contributed by atoms with E-state index in [2.05, 4.69) is 0 Å². The van der Waals surface area contributed by atoms with E-state index in [1.165, 1.54) is 16.4 Å². The second-order valence-electron chi connectivity index (χ2n) is 4.08. The van der Waals surface area contributed by atoms with E-state index < -0.39 is 15.8 Å². The van der Waals surface area contributed by atoms with E-state index in [4.69, 9.17) is 11.6 Å². The summed E-state index contributed by atoms with van der Waals surface area (Å²) in [5.41, 5.74) is 0.404. The van der Waals surface area contributed by atoms with Crippen molar-refractivity contribution in [3.63, 3.8) is 0 Å². The third kappa shape index (κ3) is 2.78. The minimum atomic E-state index is -3.76. The number of sulfonamides is 1. The van der Waals surface area contributed by atoms with Crippen molar-refractivity contribution in [2.24, 2.45) is 0 Å². The molecule has 3 nitrogen and oxygen atoms in total. The van der Waals surface area contributed by atoms with Gasteiger partial charge in [0.05, 0.1) is 15.6 Å². The maximum absolute atomic E-state index is 12.9. The summed E-state index contributed by atoms with van der Waals surface area (Å²) >= 11 is 6.05. The molecule has 0 spiro atoms. The lowest BCUT2D eigenvalue weighted by Gasteiger charge is -2.23. The standard InChI is InChI=1S/C14H13ClFNO2S/c1-2-17(14-6-4-3-5-13(14)15)20(18,19)12-9-7-11(16)8-10-12/h3-10H,2H2,1H3. The van der Waals surface area contributed by atoms with Crippen LogP contribution in [0.5, 0.6) is 0 Å². The summed E-state index contributed by atoms with van der Waals surface area (Å²) in [4.78, 5) is 0.0284. The fourth-order valence-corrected chi connectivity index (χ4v) is 3.64. The number of benzene rings is 2. The van der Waals surface area contributed by atoms with E-state index >= 15 is 0 Å². The molecule has 0 atom stereocenters. The van der Waals surface area contributed by atoms with Gasteiger partial charge in [0, 0.05) is 6.54 Å². The molecule has 2 aromatic carbocycles. The van der Waals surface area contributed by atoms with E-state index in [1.54, 1.807) is 31.2 Å². The molecular weight excluding hydrogens is 301 g/mol. The minimum Gasteiger partial charge on any atom is -0.265 e. The molecule has 20 heavy (non-hydrogen) atoms. The third-order valence-corrected chi connectivity index (χ3v) is 5.03. The van der Waals surface area contributed by atoms with Crippen LogP contribution in [0.25, 0.3) is 0 Å². The average Bonchev–Trinajstić information content (AvgIpc) is 2.42. The third-order valence-electron chi connectivity index (χ3n) is 2.81. The largest absolute Gasteiger partial charge is 0.265 e. The lowest BCUT2D eigenvalue weighted by Crippen LogP contribution is -2.31. The van der Waals surface area contributed by atoms with Crippen LogP contribution in [0.4, 0.5) is 10.1 Å². The summed E-state index contributed by atoms with van der Waals surface area (Å²) in [6.07, 6.45) is 0. The molecule has 0 aromatic heterocycles. The first-order valence-corrected chi connectivity index (χ1v) is 7.81. The Bertz CT molecular complexity index is 701. The van der Waals surface area contributed by atoms with Crippen molar-refractivity contribution in [1.82, 2.24) is 0 Å². The second-order valence-corrected chi connectivity index (χ2v) is 6.34. The highest BCUT2D eigenvalue weighted by Gasteiger charge is 2.24. The van der Waals surface area contributed by atoms with Gasteiger partial charge < -0.3 is 0 Å². The fourth-order valence-electron chi connectivity index (χ4n) is 1.86. The van der Waals surface area contributed by atoms with E-state index in [0.29, 0.717) is 10.7 Å². The Hall–Kier alpha value is -1.59. The highest BCUT2D eigenvalue weighted by atomic mass is 35.5. The van der Waals surface area contributed by atoms with E-state index in [-0.39, 0.29) is 11.4 Å². The second kappa shape index (κ2) is 5.81. The van der Waals surface area contributed by atoms with Crippen molar-refractivity contribution >= 4 is 27.3 Å². The number of para-hydroxylation sites is 1. The molecule has 0 fully saturated rings. The highest BCUT2D eigenvalue weighted by molar-refractivity contribution is 7.92. The molecule has 0 heterocycles. The van der Waals surface area contributed by atoms with Crippen LogP contribution in [0.2, 0.25) is 5.02 Å². The topological polar surface area (TPSA) is 37.4 Å². The number of nitrogens with zero attached hydrogens (tertiary/aromatic N) is 1. The predicted molar refractivity (Wildman–Crippen MR) is 78.1 cm³/mol. The van der Waals surface area contributed by atoms with E-state index in [1.807, 2.05) is 0 Å². The summed E-state index contributed by atoms with van der Waals surface area (Å²) in [7, 11) is -3.76. The van der Waals surface area contributed by atoms with Crippen molar-refractivity contribution in [1.29, 1.82) is 0 Å². The summed E-state index contributed by atoms with van der Waals surface area (Å²) < 4.78 is 39.3. The van der Waals surface area contributed by atoms with Gasteiger partial charge in [-0.1, -0.05) is 23.7 Å². The number of hydrogen-bond acceptors (Lipinski definition) is 2. The van der Waals surface area contributed by atoms with E-state index in [9.17, 15) is 12.8 Å². The molecule has 0 bridgehead atoms. The van der Waals surface area contributed by atoms with Crippen LogP contribution in [-0.2, 0) is 10.0 Å². The molecule has 6 heteroatoms. The van der Waals surface area contributed by atoms with Crippen LogP contribution in [-0.4, -0.2) is 15.0 Å². The lowest BCUT2D eigenvalue weighted by molar-refractivity contribution is 0.590. The molecule has 2 rings (SSSR count). The van der Waals surface area contributed by atoms with Gasteiger partial charge in [-0.3, -0.25) is 4.31 Å². The van der Waals surface area contributed by atoms with Crippen molar-refractivity contribution in [2.45, 2.75) is 11.8 Å². The lowest BCUT2D eigenvalue weighted by atomic mass is 10.3. The van der Waals surface area contributed by atoms with Crippen LogP contribution >= 0.6 is 11.6 Å². The zero-order chi connectivity index (χ0) is 14.8. The number of rotatable bonds is 4. The SMILES string of the molecule is CCN(c1ccccc1Cl)S(=O)(=O)c1ccc(F)cc1. The Morgan fingerprint density at radius 3 is 2.25 bits per heavy atom. The quantitative estimate of drug-likeness (QED) is 0.863. The maximum atomic E-state index is 12.9. The first kappa shape index (κ1) is 14.8. The number of hydrogen-bond donors (Lipinski definition) is 0. The fraction of sp³-hybridized carbons (Fsp3) is 0.143. The Labute approximate surface area is 122 Å². The molecule has 0 amide bonds. The highest BCUT2D eigenvalue weighted by Crippen LogP contribution is 2.29. The van der Waals surface area contributed by atoms with Gasteiger partial charge in [0.2, 0.25) is 0 Å². The van der Waals surface area contributed by atoms with Crippen molar-refractivity contribution in [3.8, 4) is 0 Å². The van der Waals surface area contributed by atoms with Gasteiger partial charge >= 0.3 is 0 Å². The Balaban J connectivity index is 2.51. The molecule has 0 radical (unpaired) electrons. The van der Waals surface area contributed by atoms with Gasteiger partial charge in [-0.25, -0.2) is 12.8 Å². The summed E-state index contributed by atoms with van der Waals surface area (Å²) in [6.45, 7) is 1.94. The zero-order valence-corrected chi connectivity index (χ0v) is 12.3. The summed E-state index contributed by atoms with van der Waals surface area (Å²) in [6, 6.07) is 11.4. The summed E-state index contributed by atoms with van der Waals surface area (Å²) in [5.74, 6) is -0.482. The Morgan fingerprint density at radius 2 is 1.70 bits per heavy atom. The van der Waals surface area contributed by atoms with Crippen molar-refractivity contribution in [2.75, 3.05) is 10.8 Å². The monoisotopic (exact) mass is 313 g/mol. The van der Waals surface area contributed by atoms with Crippen molar-refractivity contribution < 1.29 is 12.8 Å². The molecule has 0 N–H and O–H groups in total. The van der Waals surface area contributed by atoms with E-state index in [0.717, 1.165) is 12.1 Å². The molecule has 0 aliphatic heterocycles. The van der Waals surface area contributed by atoms with Gasteiger partial charge in [-0.05, 0) is 43.3 Å². The first-order valence-electron chi connectivity index (χ1n) is 5.99. The van der Waals surface area contributed by atoms with Gasteiger partial charge in [0.15, 0.2) is 0 Å². The molecule has 0 aliphatic carbocycles. The van der Waals surface area contributed by atoms with Crippen molar-refractivity contribution in [3.05, 3.63) is 59.4 Å². The van der Waals surface area contributed by atoms with Gasteiger partial charge in [0.1, 0.15) is 5.82 Å². The van der Waals surface area contributed by atoms with Gasteiger partial charge in [-0.2, -0.15) is 0 Å². The van der Waals surface area contributed by atoms with Crippen LogP contribution < -0.4 is 4.31 Å². The molecule has 0 saturated carbocycles. The van der Waals surface area contributed by atoms with Crippen LogP contribution in [0.1, 0.15) is 6.92 Å². The molecule has 2 aromatic rings. The van der Waals surface area contributed by atoms with Crippen LogP contribution in [0.15, 0.2) is 53.4 Å². The molecular formula is C14H13ClFNO2S. The minimum absolute atomic E-state index is 0.0284. The molecule has 0 aliphatic rings. The number of halogens is 2. The normalized spacial score (nSPS) is 11.3. The van der Waals surface area contributed by atoms with Crippen LogP contribution in [0, 0.1) is 5.82 Å². The van der Waals surface area contributed by atoms with Gasteiger partial charge in [0.25, 0.3) is 10.0 Å². The molecule has 0 unspecified atom stereocenters. The number of anilines is 1. The molecule has 106 valence electrons. The van der Waals surface area contributed by atoms with Gasteiger partial charge in [-0.15, -0.1) is 0 Å².